The highest BCUT2D eigenvalue weighted by molar-refractivity contribution is 7.19. The molecule has 2 N–H and O–H groups in total. The lowest BCUT2D eigenvalue weighted by Crippen LogP contribution is -2.50. The van der Waals surface area contributed by atoms with Crippen molar-refractivity contribution in [2.75, 3.05) is 37.6 Å². The molecule has 1 aromatic heterocycles. The SMILES string of the molecule is NCC(=O)N1CCN(c2ccc(Cl)s2)CC1. The van der Waals surface area contributed by atoms with E-state index >= 15 is 0 Å². The van der Waals surface area contributed by atoms with Crippen LogP contribution in [0.25, 0.3) is 0 Å². The van der Waals surface area contributed by atoms with E-state index in [9.17, 15) is 4.79 Å². The fraction of sp³-hybridized carbons (Fsp3) is 0.500. The van der Waals surface area contributed by atoms with Gasteiger partial charge in [-0.05, 0) is 12.1 Å². The van der Waals surface area contributed by atoms with Gasteiger partial charge < -0.3 is 15.5 Å². The van der Waals surface area contributed by atoms with Crippen LogP contribution in [0.2, 0.25) is 4.34 Å². The topological polar surface area (TPSA) is 49.6 Å². The Morgan fingerprint density at radius 2 is 2.06 bits per heavy atom. The van der Waals surface area contributed by atoms with Crippen LogP contribution in [0.4, 0.5) is 5.00 Å². The summed E-state index contributed by atoms with van der Waals surface area (Å²) in [5.41, 5.74) is 5.33. The first-order valence-electron chi connectivity index (χ1n) is 5.19. The number of carbonyl (C=O) groups excluding carboxylic acids is 1. The zero-order valence-corrected chi connectivity index (χ0v) is 10.4. The van der Waals surface area contributed by atoms with Gasteiger partial charge in [-0.2, -0.15) is 0 Å². The van der Waals surface area contributed by atoms with Gasteiger partial charge >= 0.3 is 0 Å². The summed E-state index contributed by atoms with van der Waals surface area (Å²) in [6.07, 6.45) is 0. The fourth-order valence-electron chi connectivity index (χ4n) is 1.78. The molecule has 6 heteroatoms. The van der Waals surface area contributed by atoms with Crippen LogP contribution < -0.4 is 10.6 Å². The number of nitrogens with zero attached hydrogens (tertiary/aromatic N) is 2. The molecule has 88 valence electrons. The number of nitrogens with two attached hydrogens (primary N) is 1. The Kier molecular flexibility index (Phi) is 3.68. The number of piperazine rings is 1. The summed E-state index contributed by atoms with van der Waals surface area (Å²) in [7, 11) is 0. The minimum Gasteiger partial charge on any atom is -0.360 e. The number of hydrogen-bond acceptors (Lipinski definition) is 4. The lowest BCUT2D eigenvalue weighted by Gasteiger charge is -2.35. The molecular weight excluding hydrogens is 246 g/mol. The normalized spacial score (nSPS) is 16.6. The average Bonchev–Trinajstić information content (AvgIpc) is 2.75. The molecule has 1 aliphatic rings. The first-order chi connectivity index (χ1) is 7.70. The van der Waals surface area contributed by atoms with Gasteiger partial charge in [0.25, 0.3) is 0 Å². The monoisotopic (exact) mass is 259 g/mol. The number of rotatable bonds is 2. The molecule has 0 radical (unpaired) electrons. The lowest BCUT2D eigenvalue weighted by molar-refractivity contribution is -0.129. The van der Waals surface area contributed by atoms with Crippen LogP contribution in [0.15, 0.2) is 12.1 Å². The van der Waals surface area contributed by atoms with Gasteiger partial charge in [-0.1, -0.05) is 11.6 Å². The van der Waals surface area contributed by atoms with E-state index in [1.807, 2.05) is 17.0 Å². The van der Waals surface area contributed by atoms with Crippen LogP contribution >= 0.6 is 22.9 Å². The van der Waals surface area contributed by atoms with E-state index in [1.165, 1.54) is 5.00 Å². The Labute approximate surface area is 104 Å². The first kappa shape index (κ1) is 11.7. The third kappa shape index (κ3) is 2.48. The molecule has 0 aliphatic carbocycles. The molecule has 0 atom stereocenters. The largest absolute Gasteiger partial charge is 0.360 e. The molecule has 1 aromatic rings. The van der Waals surface area contributed by atoms with Crippen LogP contribution in [-0.4, -0.2) is 43.5 Å². The highest BCUT2D eigenvalue weighted by Crippen LogP contribution is 2.29. The van der Waals surface area contributed by atoms with Crippen molar-refractivity contribution in [1.82, 2.24) is 4.90 Å². The van der Waals surface area contributed by atoms with Crippen LogP contribution in [0.3, 0.4) is 0 Å². The second kappa shape index (κ2) is 5.03. The quantitative estimate of drug-likeness (QED) is 0.863. The smallest absolute Gasteiger partial charge is 0.236 e. The maximum Gasteiger partial charge on any atom is 0.236 e. The molecule has 4 nitrogen and oxygen atoms in total. The second-order valence-electron chi connectivity index (χ2n) is 3.65. The highest BCUT2D eigenvalue weighted by atomic mass is 35.5. The van der Waals surface area contributed by atoms with Crippen molar-refractivity contribution in [3.63, 3.8) is 0 Å². The van der Waals surface area contributed by atoms with Crippen molar-refractivity contribution in [3.05, 3.63) is 16.5 Å². The molecular formula is C10H14ClN3OS. The van der Waals surface area contributed by atoms with Crippen LogP contribution in [0, 0.1) is 0 Å². The summed E-state index contributed by atoms with van der Waals surface area (Å²) in [5, 5.41) is 1.17. The van der Waals surface area contributed by atoms with Crippen molar-refractivity contribution in [1.29, 1.82) is 0 Å². The van der Waals surface area contributed by atoms with E-state index in [4.69, 9.17) is 17.3 Å². The number of carbonyl (C=O) groups is 1. The predicted molar refractivity (Wildman–Crippen MR) is 67.2 cm³/mol. The van der Waals surface area contributed by atoms with E-state index in [0.717, 1.165) is 30.5 Å². The molecule has 1 saturated heterocycles. The van der Waals surface area contributed by atoms with Gasteiger partial charge in [-0.3, -0.25) is 4.79 Å². The second-order valence-corrected chi connectivity index (χ2v) is 5.34. The Balaban J connectivity index is 1.92. The number of hydrogen-bond donors (Lipinski definition) is 1. The zero-order valence-electron chi connectivity index (χ0n) is 8.86. The van der Waals surface area contributed by atoms with Crippen molar-refractivity contribution in [2.45, 2.75) is 0 Å². The van der Waals surface area contributed by atoms with Gasteiger partial charge in [0, 0.05) is 26.2 Å². The van der Waals surface area contributed by atoms with Gasteiger partial charge in [0.15, 0.2) is 0 Å². The Morgan fingerprint density at radius 1 is 1.38 bits per heavy atom. The van der Waals surface area contributed by atoms with E-state index in [-0.39, 0.29) is 12.5 Å². The predicted octanol–water partition coefficient (Wildman–Crippen LogP) is 1.01. The van der Waals surface area contributed by atoms with Crippen LogP contribution in [0.5, 0.6) is 0 Å². The summed E-state index contributed by atoms with van der Waals surface area (Å²) in [6.45, 7) is 3.28. The number of halogens is 1. The Hall–Kier alpha value is -0.780. The summed E-state index contributed by atoms with van der Waals surface area (Å²) in [4.78, 5) is 15.4. The number of anilines is 1. The fourth-order valence-corrected chi connectivity index (χ4v) is 2.86. The van der Waals surface area contributed by atoms with Gasteiger partial charge in [0.2, 0.25) is 5.91 Å². The molecule has 0 unspecified atom stereocenters. The highest BCUT2D eigenvalue weighted by Gasteiger charge is 2.20. The van der Waals surface area contributed by atoms with E-state index in [2.05, 4.69) is 4.90 Å². The third-order valence-corrected chi connectivity index (χ3v) is 3.97. The zero-order chi connectivity index (χ0) is 11.5. The van der Waals surface area contributed by atoms with Gasteiger partial charge in [-0.15, -0.1) is 11.3 Å². The van der Waals surface area contributed by atoms with Gasteiger partial charge in [-0.25, -0.2) is 0 Å². The summed E-state index contributed by atoms with van der Waals surface area (Å²) in [5.74, 6) is 0.0314. The lowest BCUT2D eigenvalue weighted by atomic mass is 10.3. The maximum atomic E-state index is 11.4. The number of amides is 1. The summed E-state index contributed by atoms with van der Waals surface area (Å²) in [6, 6.07) is 3.92. The molecule has 2 heterocycles. The van der Waals surface area contributed by atoms with Crippen LogP contribution in [-0.2, 0) is 4.79 Å². The maximum absolute atomic E-state index is 11.4. The molecule has 1 fully saturated rings. The Bertz CT molecular complexity index is 374. The van der Waals surface area contributed by atoms with E-state index in [0.29, 0.717) is 0 Å². The third-order valence-electron chi connectivity index (χ3n) is 2.68. The molecule has 2 rings (SSSR count). The first-order valence-corrected chi connectivity index (χ1v) is 6.38. The minimum absolute atomic E-state index is 0.0314. The average molecular weight is 260 g/mol. The van der Waals surface area contributed by atoms with Gasteiger partial charge in [0.1, 0.15) is 0 Å². The molecule has 0 spiro atoms. The van der Waals surface area contributed by atoms with E-state index < -0.39 is 0 Å². The van der Waals surface area contributed by atoms with Crippen molar-refractivity contribution >= 4 is 33.8 Å². The molecule has 0 aromatic carbocycles. The molecule has 16 heavy (non-hydrogen) atoms. The van der Waals surface area contributed by atoms with E-state index in [1.54, 1.807) is 11.3 Å². The molecule has 0 saturated carbocycles. The molecule has 1 amide bonds. The minimum atomic E-state index is 0.0314. The van der Waals surface area contributed by atoms with Crippen molar-refractivity contribution in [3.8, 4) is 0 Å². The standard InChI is InChI=1S/C10H14ClN3OS/c11-8-1-2-10(16-8)14-5-3-13(4-6-14)9(15)7-12/h1-2H,3-7,12H2. The van der Waals surface area contributed by atoms with Crippen molar-refractivity contribution < 1.29 is 4.79 Å². The summed E-state index contributed by atoms with van der Waals surface area (Å²) >= 11 is 7.46. The van der Waals surface area contributed by atoms with Gasteiger partial charge in [0.05, 0.1) is 15.9 Å². The summed E-state index contributed by atoms with van der Waals surface area (Å²) < 4.78 is 0.801. The number of thiophene rings is 1. The molecule has 1 aliphatic heterocycles. The Morgan fingerprint density at radius 3 is 2.56 bits per heavy atom. The van der Waals surface area contributed by atoms with Crippen LogP contribution in [0.1, 0.15) is 0 Å². The van der Waals surface area contributed by atoms with Crippen molar-refractivity contribution in [2.24, 2.45) is 5.73 Å². The molecule has 0 bridgehead atoms.